The fourth-order valence-electron chi connectivity index (χ4n) is 1.99. The maximum absolute atomic E-state index is 13.8. The summed E-state index contributed by atoms with van der Waals surface area (Å²) in [5.74, 6) is -0.974. The van der Waals surface area contributed by atoms with Gasteiger partial charge in [0.1, 0.15) is 5.82 Å². The summed E-state index contributed by atoms with van der Waals surface area (Å²) in [6.07, 6.45) is 6.13. The summed E-state index contributed by atoms with van der Waals surface area (Å²) < 4.78 is 15.4. The molecule has 3 aromatic rings. The van der Waals surface area contributed by atoms with E-state index in [9.17, 15) is 9.18 Å². The summed E-state index contributed by atoms with van der Waals surface area (Å²) >= 11 is 0. The first-order chi connectivity index (χ1) is 10.2. The normalized spacial score (nSPS) is 10.8. The third kappa shape index (κ3) is 2.46. The molecule has 3 rings (SSSR count). The fraction of sp³-hybridized carbons (Fsp3) is 0.0714. The van der Waals surface area contributed by atoms with E-state index in [-0.39, 0.29) is 12.2 Å². The number of carbonyl (C=O) groups is 1. The molecule has 0 aliphatic rings. The van der Waals surface area contributed by atoms with E-state index in [4.69, 9.17) is 5.73 Å². The number of aromatic nitrogens is 3. The number of nitrogens with one attached hydrogen (secondary N) is 1. The van der Waals surface area contributed by atoms with Crippen LogP contribution in [0.4, 0.5) is 10.1 Å². The standard InChI is InChI=1S/C14H12FN5O/c15-11-5-9(6-16)1-2-12(11)19-14(21)10-7-18-20-4-3-17-8-13(10)20/h1-5,7-8H,6,16H2,(H,19,21). The zero-order valence-electron chi connectivity index (χ0n) is 11.0. The molecule has 1 aromatic carbocycles. The third-order valence-electron chi connectivity index (χ3n) is 3.09. The van der Waals surface area contributed by atoms with Crippen molar-refractivity contribution in [1.82, 2.24) is 14.6 Å². The second-order valence-electron chi connectivity index (χ2n) is 4.44. The summed E-state index contributed by atoms with van der Waals surface area (Å²) in [6, 6.07) is 4.45. The monoisotopic (exact) mass is 285 g/mol. The van der Waals surface area contributed by atoms with Gasteiger partial charge in [-0.05, 0) is 17.7 Å². The average Bonchev–Trinajstić information content (AvgIpc) is 2.93. The van der Waals surface area contributed by atoms with Crippen LogP contribution in [0.2, 0.25) is 0 Å². The number of rotatable bonds is 3. The van der Waals surface area contributed by atoms with Crippen LogP contribution in [-0.4, -0.2) is 20.5 Å². The number of amides is 1. The van der Waals surface area contributed by atoms with Gasteiger partial charge in [-0.1, -0.05) is 6.07 Å². The van der Waals surface area contributed by atoms with E-state index < -0.39 is 11.7 Å². The van der Waals surface area contributed by atoms with Crippen molar-refractivity contribution in [1.29, 1.82) is 0 Å². The van der Waals surface area contributed by atoms with Gasteiger partial charge < -0.3 is 11.1 Å². The molecule has 2 heterocycles. The second kappa shape index (κ2) is 5.29. The van der Waals surface area contributed by atoms with Crippen LogP contribution in [0.25, 0.3) is 5.52 Å². The lowest BCUT2D eigenvalue weighted by molar-refractivity contribution is 0.102. The van der Waals surface area contributed by atoms with Crippen molar-refractivity contribution >= 4 is 17.1 Å². The van der Waals surface area contributed by atoms with Crippen molar-refractivity contribution in [3.63, 3.8) is 0 Å². The Morgan fingerprint density at radius 2 is 2.24 bits per heavy atom. The second-order valence-corrected chi connectivity index (χ2v) is 4.44. The molecule has 0 aliphatic heterocycles. The van der Waals surface area contributed by atoms with Crippen molar-refractivity contribution in [2.75, 3.05) is 5.32 Å². The summed E-state index contributed by atoms with van der Waals surface area (Å²) in [6.45, 7) is 0.241. The molecule has 0 saturated heterocycles. The number of benzene rings is 1. The molecule has 1 amide bonds. The van der Waals surface area contributed by atoms with Gasteiger partial charge >= 0.3 is 0 Å². The Morgan fingerprint density at radius 1 is 1.38 bits per heavy atom. The van der Waals surface area contributed by atoms with Gasteiger partial charge in [0.25, 0.3) is 5.91 Å². The Kier molecular flexibility index (Phi) is 3.33. The van der Waals surface area contributed by atoms with E-state index in [1.807, 2.05) is 0 Å². The first-order valence-electron chi connectivity index (χ1n) is 6.26. The van der Waals surface area contributed by atoms with E-state index in [1.54, 1.807) is 18.5 Å². The van der Waals surface area contributed by atoms with Crippen LogP contribution in [0.1, 0.15) is 15.9 Å². The molecule has 0 unspecified atom stereocenters. The lowest BCUT2D eigenvalue weighted by atomic mass is 10.2. The number of carbonyl (C=O) groups excluding carboxylic acids is 1. The van der Waals surface area contributed by atoms with Crippen LogP contribution in [0, 0.1) is 5.82 Å². The van der Waals surface area contributed by atoms with Crippen molar-refractivity contribution in [2.45, 2.75) is 6.54 Å². The van der Waals surface area contributed by atoms with Crippen LogP contribution in [0.5, 0.6) is 0 Å². The van der Waals surface area contributed by atoms with Gasteiger partial charge in [0, 0.05) is 18.9 Å². The molecule has 0 bridgehead atoms. The van der Waals surface area contributed by atoms with Gasteiger partial charge in [-0.2, -0.15) is 5.10 Å². The van der Waals surface area contributed by atoms with E-state index in [2.05, 4.69) is 15.4 Å². The van der Waals surface area contributed by atoms with Gasteiger partial charge in [-0.3, -0.25) is 9.78 Å². The Labute approximate surface area is 119 Å². The lowest BCUT2D eigenvalue weighted by Crippen LogP contribution is -2.13. The smallest absolute Gasteiger partial charge is 0.259 e. The van der Waals surface area contributed by atoms with Gasteiger partial charge in [-0.25, -0.2) is 8.91 Å². The van der Waals surface area contributed by atoms with Gasteiger partial charge in [0.2, 0.25) is 0 Å². The van der Waals surface area contributed by atoms with Crippen LogP contribution in [0.15, 0.2) is 43.0 Å². The zero-order chi connectivity index (χ0) is 14.8. The highest BCUT2D eigenvalue weighted by molar-refractivity contribution is 6.08. The van der Waals surface area contributed by atoms with E-state index in [1.165, 1.54) is 29.0 Å². The molecule has 7 heteroatoms. The Morgan fingerprint density at radius 3 is 3.00 bits per heavy atom. The summed E-state index contributed by atoms with van der Waals surface area (Å²) in [4.78, 5) is 16.2. The van der Waals surface area contributed by atoms with E-state index in [0.29, 0.717) is 16.6 Å². The maximum Gasteiger partial charge on any atom is 0.259 e. The number of anilines is 1. The predicted octanol–water partition coefficient (Wildman–Crippen LogP) is 1.58. The van der Waals surface area contributed by atoms with Gasteiger partial charge in [-0.15, -0.1) is 0 Å². The Balaban J connectivity index is 1.90. The SMILES string of the molecule is NCc1ccc(NC(=O)c2cnn3ccncc23)c(F)c1. The molecule has 3 N–H and O–H groups in total. The number of nitrogens with two attached hydrogens (primary N) is 1. The molecule has 0 spiro atoms. The van der Waals surface area contributed by atoms with E-state index >= 15 is 0 Å². The lowest BCUT2D eigenvalue weighted by Gasteiger charge is -2.06. The topological polar surface area (TPSA) is 85.3 Å². The molecular formula is C14H12FN5O. The third-order valence-corrected chi connectivity index (χ3v) is 3.09. The fourth-order valence-corrected chi connectivity index (χ4v) is 1.99. The maximum atomic E-state index is 13.8. The van der Waals surface area contributed by atoms with Crippen molar-refractivity contribution < 1.29 is 9.18 Å². The predicted molar refractivity (Wildman–Crippen MR) is 75.2 cm³/mol. The molecule has 0 aliphatic carbocycles. The van der Waals surface area contributed by atoms with Gasteiger partial charge in [0.15, 0.2) is 0 Å². The minimum atomic E-state index is -0.527. The molecule has 21 heavy (non-hydrogen) atoms. The van der Waals surface area contributed by atoms with Gasteiger partial charge in [0.05, 0.1) is 29.2 Å². The molecule has 0 fully saturated rings. The highest BCUT2D eigenvalue weighted by Gasteiger charge is 2.14. The van der Waals surface area contributed by atoms with Crippen LogP contribution in [-0.2, 0) is 6.54 Å². The highest BCUT2D eigenvalue weighted by atomic mass is 19.1. The first-order valence-corrected chi connectivity index (χ1v) is 6.26. The molecule has 0 atom stereocenters. The quantitative estimate of drug-likeness (QED) is 0.765. The molecule has 6 nitrogen and oxygen atoms in total. The molecule has 0 radical (unpaired) electrons. The minimum Gasteiger partial charge on any atom is -0.326 e. The first kappa shape index (κ1) is 13.2. The largest absolute Gasteiger partial charge is 0.326 e. The summed E-state index contributed by atoms with van der Waals surface area (Å²) in [7, 11) is 0. The van der Waals surface area contributed by atoms with Crippen LogP contribution < -0.4 is 11.1 Å². The minimum absolute atomic E-state index is 0.0976. The van der Waals surface area contributed by atoms with Crippen LogP contribution in [0.3, 0.4) is 0 Å². The molecule has 106 valence electrons. The molecule has 2 aromatic heterocycles. The Hall–Kier alpha value is -2.80. The van der Waals surface area contributed by atoms with E-state index in [0.717, 1.165) is 0 Å². The highest BCUT2D eigenvalue weighted by Crippen LogP contribution is 2.18. The summed E-state index contributed by atoms with van der Waals surface area (Å²) in [5.41, 5.74) is 7.07. The van der Waals surface area contributed by atoms with Crippen molar-refractivity contribution in [3.05, 3.63) is 59.9 Å². The van der Waals surface area contributed by atoms with Crippen molar-refractivity contribution in [2.24, 2.45) is 5.73 Å². The number of halogens is 1. The number of fused-ring (bicyclic) bond motifs is 1. The summed E-state index contributed by atoms with van der Waals surface area (Å²) in [5, 5.41) is 6.56. The average molecular weight is 285 g/mol. The van der Waals surface area contributed by atoms with Crippen LogP contribution >= 0.6 is 0 Å². The zero-order valence-corrected chi connectivity index (χ0v) is 11.0. The molecule has 0 saturated carbocycles. The number of hydrogen-bond acceptors (Lipinski definition) is 4. The Bertz CT molecular complexity index is 814. The number of hydrogen-bond donors (Lipinski definition) is 2. The van der Waals surface area contributed by atoms with Crippen molar-refractivity contribution in [3.8, 4) is 0 Å². The number of nitrogens with zero attached hydrogens (tertiary/aromatic N) is 3. The molecular weight excluding hydrogens is 273 g/mol.